The first-order valence-electron chi connectivity index (χ1n) is 14.4. The molecule has 0 aromatic carbocycles. The fraction of sp³-hybridized carbons (Fsp3) is 0.324. The molecule has 45 heavy (non-hydrogen) atoms. The zero-order valence-corrected chi connectivity index (χ0v) is 26.0. The Balaban J connectivity index is 0.000000246. The molecule has 4 aromatic heterocycles. The van der Waals surface area contributed by atoms with Crippen LogP contribution in [0.3, 0.4) is 0 Å². The van der Waals surface area contributed by atoms with E-state index in [9.17, 15) is 4.79 Å². The molecule has 0 unspecified atom stereocenters. The van der Waals surface area contributed by atoms with Crippen molar-refractivity contribution in [3.63, 3.8) is 0 Å². The van der Waals surface area contributed by atoms with E-state index in [1.165, 1.54) is 5.57 Å². The predicted molar refractivity (Wildman–Crippen MR) is 180 cm³/mol. The molecule has 0 fully saturated rings. The highest BCUT2D eigenvalue weighted by molar-refractivity contribution is 5.85. The van der Waals surface area contributed by atoms with Crippen LogP contribution in [0.25, 0.3) is 33.9 Å². The average Bonchev–Trinajstić information content (AvgIpc) is 3.06. The first kappa shape index (κ1) is 34.9. The lowest BCUT2D eigenvalue weighted by Crippen LogP contribution is -2.39. The summed E-state index contributed by atoms with van der Waals surface area (Å²) in [6, 6.07) is 11.6. The first-order valence-corrected chi connectivity index (χ1v) is 14.4. The molecule has 0 saturated carbocycles. The maximum Gasteiger partial charge on any atom is 0.410 e. The molecule has 0 saturated heterocycles. The maximum atomic E-state index is 12.1. The van der Waals surface area contributed by atoms with Crippen LogP contribution in [0.1, 0.15) is 52.4 Å². The highest BCUT2D eigenvalue weighted by atomic mass is 35.5. The van der Waals surface area contributed by atoms with E-state index in [0.29, 0.717) is 18.9 Å². The van der Waals surface area contributed by atoms with Gasteiger partial charge in [0, 0.05) is 67.9 Å². The molecule has 0 spiro atoms. The molecule has 0 bridgehead atoms. The minimum atomic E-state index is -0.474. The smallest absolute Gasteiger partial charge is 0.410 e. The molecule has 4 aromatic rings. The summed E-state index contributed by atoms with van der Waals surface area (Å²) >= 11 is 0. The van der Waals surface area contributed by atoms with E-state index in [-0.39, 0.29) is 25.9 Å². The number of carbonyl (C=O) groups is 1. The van der Waals surface area contributed by atoms with Gasteiger partial charge in [-0.05, 0) is 87.7 Å². The lowest BCUT2D eigenvalue weighted by molar-refractivity contribution is 0.0270. The number of hydrogen-bond donors (Lipinski definition) is 1. The van der Waals surface area contributed by atoms with Gasteiger partial charge in [-0.3, -0.25) is 9.97 Å². The topological polar surface area (TPSA) is 119 Å². The van der Waals surface area contributed by atoms with Crippen molar-refractivity contribution < 1.29 is 9.53 Å². The summed E-state index contributed by atoms with van der Waals surface area (Å²) in [5, 5.41) is 3.30. The number of nitrogens with zero attached hydrogens (tertiary/aromatic N) is 7. The van der Waals surface area contributed by atoms with Gasteiger partial charge in [-0.1, -0.05) is 19.6 Å². The molecule has 0 atom stereocenters. The van der Waals surface area contributed by atoms with Gasteiger partial charge in [-0.15, -0.1) is 12.4 Å². The third kappa shape index (κ3) is 9.99. The zero-order chi connectivity index (χ0) is 30.1. The second-order valence-electron chi connectivity index (χ2n) is 11.1. The fourth-order valence-electron chi connectivity index (χ4n) is 4.58. The Labute approximate surface area is 271 Å². The van der Waals surface area contributed by atoms with Crippen molar-refractivity contribution in [2.75, 3.05) is 26.2 Å². The van der Waals surface area contributed by atoms with Gasteiger partial charge >= 0.3 is 6.09 Å². The molecule has 0 radical (unpaired) electrons. The van der Waals surface area contributed by atoms with Crippen LogP contribution in [0.4, 0.5) is 4.79 Å². The van der Waals surface area contributed by atoms with Gasteiger partial charge in [0.15, 0.2) is 11.6 Å². The van der Waals surface area contributed by atoms with Gasteiger partial charge < -0.3 is 15.0 Å². The summed E-state index contributed by atoms with van der Waals surface area (Å²) in [6.45, 7) is 8.74. The molecule has 6 rings (SSSR count). The van der Waals surface area contributed by atoms with E-state index in [0.717, 1.165) is 59.8 Å². The van der Waals surface area contributed by atoms with Crippen molar-refractivity contribution in [3.8, 4) is 22.8 Å². The Morgan fingerprint density at radius 1 is 0.778 bits per heavy atom. The van der Waals surface area contributed by atoms with Crippen LogP contribution in [0.2, 0.25) is 0 Å². The Morgan fingerprint density at radius 3 is 1.71 bits per heavy atom. The lowest BCUT2D eigenvalue weighted by atomic mass is 10.0. The van der Waals surface area contributed by atoms with E-state index < -0.39 is 5.60 Å². The van der Waals surface area contributed by atoms with Gasteiger partial charge in [0.2, 0.25) is 0 Å². The van der Waals surface area contributed by atoms with Gasteiger partial charge in [0.25, 0.3) is 0 Å². The van der Waals surface area contributed by atoms with Gasteiger partial charge in [-0.2, -0.15) is 0 Å². The van der Waals surface area contributed by atoms with Crippen LogP contribution in [0.15, 0.2) is 85.7 Å². The molecule has 236 valence electrons. The summed E-state index contributed by atoms with van der Waals surface area (Å²) in [5.41, 5.74) is 5.79. The molecular formula is C34H41ClN8O2. The van der Waals surface area contributed by atoms with Gasteiger partial charge in [0.05, 0.1) is 11.4 Å². The number of carbonyl (C=O) groups excluding carboxylic acids is 1. The highest BCUT2D eigenvalue weighted by Gasteiger charge is 2.24. The van der Waals surface area contributed by atoms with Crippen LogP contribution in [-0.2, 0) is 4.74 Å². The van der Waals surface area contributed by atoms with Crippen molar-refractivity contribution >= 4 is 29.6 Å². The molecule has 10 nitrogen and oxygen atoms in total. The standard InChI is InChI=1S/C19H22N4O2.C14H14N4.CH4.ClH/c1-19(2,3)25-18(24)23-11-7-14(8-12-23)16-6-5-15(13-22-16)17-20-9-4-10-21-17;1-6-16-14(17-7-1)12-2-3-13(18-10-12)11-4-8-15-9-5-11;;/h4-7,9-10,13H,8,11-12H2,1-3H3;1-4,6-7,10,15H,5,8-9H2;1H4;1H. The Kier molecular flexibility index (Phi) is 12.8. The summed E-state index contributed by atoms with van der Waals surface area (Å²) in [5.74, 6) is 1.38. The number of halogens is 1. The normalized spacial score (nSPS) is 14.3. The molecule has 2 aliphatic heterocycles. The number of nitrogens with one attached hydrogen (secondary N) is 1. The first-order chi connectivity index (χ1) is 20.9. The van der Waals surface area contributed by atoms with E-state index >= 15 is 0 Å². The summed E-state index contributed by atoms with van der Waals surface area (Å²) in [6.07, 6.45) is 16.3. The summed E-state index contributed by atoms with van der Waals surface area (Å²) < 4.78 is 5.41. The monoisotopic (exact) mass is 628 g/mol. The predicted octanol–water partition coefficient (Wildman–Crippen LogP) is 6.54. The highest BCUT2D eigenvalue weighted by Crippen LogP contribution is 2.24. The molecule has 2 aliphatic rings. The quantitative estimate of drug-likeness (QED) is 0.269. The van der Waals surface area contributed by atoms with E-state index in [1.54, 1.807) is 42.0 Å². The minimum absolute atomic E-state index is 0. The molecule has 1 N–H and O–H groups in total. The van der Waals surface area contributed by atoms with Crippen molar-refractivity contribution in [3.05, 3.63) is 97.1 Å². The van der Waals surface area contributed by atoms with E-state index in [2.05, 4.69) is 41.3 Å². The number of ether oxygens (including phenoxy) is 1. The third-order valence-electron chi connectivity index (χ3n) is 6.76. The lowest BCUT2D eigenvalue weighted by Gasteiger charge is -2.29. The Hall–Kier alpha value is -4.54. The molecule has 1 amide bonds. The average molecular weight is 629 g/mol. The number of hydrogen-bond acceptors (Lipinski definition) is 9. The van der Waals surface area contributed by atoms with Crippen molar-refractivity contribution in [1.82, 2.24) is 40.1 Å². The second-order valence-corrected chi connectivity index (χ2v) is 11.1. The van der Waals surface area contributed by atoms with Crippen molar-refractivity contribution in [2.45, 2.75) is 46.6 Å². The Bertz CT molecular complexity index is 1560. The molecular weight excluding hydrogens is 588 g/mol. The number of amides is 1. The van der Waals surface area contributed by atoms with Crippen LogP contribution < -0.4 is 5.32 Å². The van der Waals surface area contributed by atoms with Crippen LogP contribution in [-0.4, -0.2) is 72.7 Å². The Morgan fingerprint density at radius 2 is 1.31 bits per heavy atom. The van der Waals surface area contributed by atoms with Gasteiger partial charge in [-0.25, -0.2) is 24.7 Å². The van der Waals surface area contributed by atoms with Gasteiger partial charge in [0.1, 0.15) is 5.60 Å². The number of pyridine rings is 2. The van der Waals surface area contributed by atoms with Crippen LogP contribution in [0.5, 0.6) is 0 Å². The summed E-state index contributed by atoms with van der Waals surface area (Å²) in [7, 11) is 0. The maximum absolute atomic E-state index is 12.1. The van der Waals surface area contributed by atoms with Crippen molar-refractivity contribution in [1.29, 1.82) is 0 Å². The minimum Gasteiger partial charge on any atom is -0.444 e. The van der Waals surface area contributed by atoms with Crippen LogP contribution in [0, 0.1) is 0 Å². The number of rotatable bonds is 4. The van der Waals surface area contributed by atoms with E-state index in [4.69, 9.17) is 4.74 Å². The molecule has 11 heteroatoms. The number of aromatic nitrogens is 6. The third-order valence-corrected chi connectivity index (χ3v) is 6.76. The SMILES string of the molecule is C.C1=C(c2ccc(-c3ncccn3)cn2)CCNC1.CC(C)(C)OC(=O)N1CC=C(c2ccc(-c3ncccn3)cn2)CC1.Cl. The summed E-state index contributed by atoms with van der Waals surface area (Å²) in [4.78, 5) is 39.7. The fourth-order valence-corrected chi connectivity index (χ4v) is 4.58. The van der Waals surface area contributed by atoms with Crippen molar-refractivity contribution in [2.24, 2.45) is 0 Å². The molecule has 0 aliphatic carbocycles. The molecule has 6 heterocycles. The largest absolute Gasteiger partial charge is 0.444 e. The van der Waals surface area contributed by atoms with Crippen LogP contribution >= 0.6 is 12.4 Å². The zero-order valence-electron chi connectivity index (χ0n) is 25.2. The second kappa shape index (κ2) is 16.5. The van der Waals surface area contributed by atoms with E-state index in [1.807, 2.05) is 63.4 Å².